The number of fused-ring (bicyclic) bond motifs is 3. The highest BCUT2D eigenvalue weighted by Crippen LogP contribution is 2.31. The van der Waals surface area contributed by atoms with Gasteiger partial charge in [-0.05, 0) is 31.2 Å². The Hall–Kier alpha value is -2.91. The maximum absolute atomic E-state index is 12.4. The van der Waals surface area contributed by atoms with Crippen LogP contribution >= 0.6 is 23.1 Å². The average Bonchev–Trinajstić information content (AvgIpc) is 3.22. The van der Waals surface area contributed by atoms with Crippen LogP contribution in [0.2, 0.25) is 0 Å². The molecule has 2 N–H and O–H groups in total. The number of benzene rings is 2. The molecule has 0 saturated heterocycles. The topological polar surface area (TPSA) is 88.4 Å². The molecule has 0 aliphatic carbocycles. The van der Waals surface area contributed by atoms with E-state index in [0.717, 1.165) is 15.2 Å². The Morgan fingerprint density at radius 1 is 1.07 bits per heavy atom. The zero-order valence-electron chi connectivity index (χ0n) is 14.2. The summed E-state index contributed by atoms with van der Waals surface area (Å²) >= 11 is 2.80. The molecule has 4 aromatic rings. The third-order valence-electron chi connectivity index (χ3n) is 3.83. The van der Waals surface area contributed by atoms with Crippen LogP contribution in [0.15, 0.2) is 59.8 Å². The molecule has 0 radical (unpaired) electrons. The van der Waals surface area contributed by atoms with E-state index in [0.29, 0.717) is 10.8 Å². The van der Waals surface area contributed by atoms with Gasteiger partial charge in [-0.25, -0.2) is 4.79 Å². The maximum Gasteiger partial charge on any atom is 0.325 e. The number of thiazole rings is 1. The molecule has 1 unspecified atom stereocenters. The van der Waals surface area contributed by atoms with Crippen LogP contribution in [0.5, 0.6) is 0 Å². The van der Waals surface area contributed by atoms with Crippen molar-refractivity contribution in [2.45, 2.75) is 17.3 Å². The van der Waals surface area contributed by atoms with Crippen LogP contribution in [0.3, 0.4) is 0 Å². The second-order valence-electron chi connectivity index (χ2n) is 5.74. The Kier molecular flexibility index (Phi) is 4.78. The second kappa shape index (κ2) is 7.37. The number of carbonyl (C=O) groups is 2. The van der Waals surface area contributed by atoms with Gasteiger partial charge in [-0.2, -0.15) is 0 Å². The summed E-state index contributed by atoms with van der Waals surface area (Å²) < 4.78 is 3.03. The number of imide groups is 1. The summed E-state index contributed by atoms with van der Waals surface area (Å²) in [7, 11) is 0. The molecule has 1 atom stereocenters. The Morgan fingerprint density at radius 3 is 2.63 bits per heavy atom. The molecular formula is C18H15N5O2S2. The first-order chi connectivity index (χ1) is 13.1. The van der Waals surface area contributed by atoms with Gasteiger partial charge in [0, 0.05) is 5.69 Å². The van der Waals surface area contributed by atoms with Crippen LogP contribution in [-0.2, 0) is 4.79 Å². The second-order valence-corrected chi connectivity index (χ2v) is 8.06. The highest BCUT2D eigenvalue weighted by atomic mass is 32.2. The first kappa shape index (κ1) is 17.5. The fourth-order valence-corrected chi connectivity index (χ4v) is 4.42. The summed E-state index contributed by atoms with van der Waals surface area (Å²) in [5.41, 5.74) is 1.62. The van der Waals surface area contributed by atoms with Crippen LogP contribution in [0.25, 0.3) is 15.2 Å². The van der Waals surface area contributed by atoms with Crippen LogP contribution in [0.4, 0.5) is 10.5 Å². The molecule has 2 aromatic heterocycles. The van der Waals surface area contributed by atoms with Crippen LogP contribution < -0.4 is 10.6 Å². The standard InChI is InChI=1S/C18H15N5O2S2/c1-11(15(24)20-16(25)19-12-7-3-2-4-8-12)26-17-21-22-18-23(17)13-9-5-6-10-14(13)27-18/h2-11H,1H3,(H2,19,20,24,25). The summed E-state index contributed by atoms with van der Waals surface area (Å²) in [6.45, 7) is 1.73. The van der Waals surface area contributed by atoms with Gasteiger partial charge in [-0.1, -0.05) is 53.4 Å². The van der Waals surface area contributed by atoms with Crippen molar-refractivity contribution in [1.29, 1.82) is 0 Å². The van der Waals surface area contributed by atoms with E-state index in [9.17, 15) is 9.59 Å². The van der Waals surface area contributed by atoms with Crippen molar-refractivity contribution in [1.82, 2.24) is 19.9 Å². The minimum absolute atomic E-state index is 0.398. The molecule has 0 aliphatic rings. The zero-order chi connectivity index (χ0) is 18.8. The van der Waals surface area contributed by atoms with Crippen molar-refractivity contribution in [3.05, 3.63) is 54.6 Å². The molecule has 136 valence electrons. The first-order valence-corrected chi connectivity index (χ1v) is 9.87. The summed E-state index contributed by atoms with van der Waals surface area (Å²) in [4.78, 5) is 25.1. The molecule has 7 nitrogen and oxygen atoms in total. The van der Waals surface area contributed by atoms with E-state index in [1.165, 1.54) is 11.8 Å². The highest BCUT2D eigenvalue weighted by Gasteiger charge is 2.21. The maximum atomic E-state index is 12.4. The van der Waals surface area contributed by atoms with Crippen molar-refractivity contribution < 1.29 is 9.59 Å². The summed E-state index contributed by atoms with van der Waals surface area (Å²) in [5.74, 6) is -0.398. The number of nitrogens with one attached hydrogen (secondary N) is 2. The van der Waals surface area contributed by atoms with Crippen LogP contribution in [-0.4, -0.2) is 31.8 Å². The van der Waals surface area contributed by atoms with E-state index in [1.807, 2.05) is 34.7 Å². The molecule has 2 aromatic carbocycles. The molecule has 0 fully saturated rings. The number of aromatic nitrogens is 3. The predicted octanol–water partition coefficient (Wildman–Crippen LogP) is 3.77. The van der Waals surface area contributed by atoms with Gasteiger partial charge in [0.15, 0.2) is 5.16 Å². The number of anilines is 1. The molecule has 0 spiro atoms. The van der Waals surface area contributed by atoms with Crippen LogP contribution in [0.1, 0.15) is 6.92 Å². The van der Waals surface area contributed by atoms with Crippen molar-refractivity contribution in [3.8, 4) is 0 Å². The molecular weight excluding hydrogens is 382 g/mol. The molecule has 27 heavy (non-hydrogen) atoms. The van der Waals surface area contributed by atoms with Gasteiger partial charge in [-0.3, -0.25) is 14.5 Å². The van der Waals surface area contributed by atoms with E-state index in [2.05, 4.69) is 20.8 Å². The normalized spacial score (nSPS) is 12.2. The lowest BCUT2D eigenvalue weighted by Crippen LogP contribution is -2.38. The van der Waals surface area contributed by atoms with E-state index >= 15 is 0 Å². The lowest BCUT2D eigenvalue weighted by molar-refractivity contribution is -0.119. The number of urea groups is 1. The van der Waals surface area contributed by atoms with E-state index in [-0.39, 0.29) is 0 Å². The van der Waals surface area contributed by atoms with Crippen molar-refractivity contribution in [3.63, 3.8) is 0 Å². The van der Waals surface area contributed by atoms with Gasteiger partial charge >= 0.3 is 6.03 Å². The number of rotatable bonds is 4. The number of para-hydroxylation sites is 2. The Morgan fingerprint density at radius 2 is 1.81 bits per heavy atom. The van der Waals surface area contributed by atoms with Gasteiger partial charge in [0.05, 0.1) is 15.5 Å². The molecule has 0 bridgehead atoms. The van der Waals surface area contributed by atoms with E-state index < -0.39 is 17.2 Å². The minimum atomic E-state index is -0.564. The average molecular weight is 397 g/mol. The molecule has 2 heterocycles. The molecule has 3 amide bonds. The van der Waals surface area contributed by atoms with Gasteiger partial charge in [0.25, 0.3) is 0 Å². The van der Waals surface area contributed by atoms with Gasteiger partial charge in [-0.15, -0.1) is 10.2 Å². The lowest BCUT2D eigenvalue weighted by Gasteiger charge is -2.11. The molecule has 4 rings (SSSR count). The molecule has 0 saturated carbocycles. The van der Waals surface area contributed by atoms with Gasteiger partial charge < -0.3 is 5.32 Å². The number of thioether (sulfide) groups is 1. The van der Waals surface area contributed by atoms with E-state index in [1.54, 1.807) is 42.5 Å². The van der Waals surface area contributed by atoms with Crippen LogP contribution in [0, 0.1) is 0 Å². The Labute approximate surface area is 162 Å². The SMILES string of the molecule is CC(Sc1nnc2sc3ccccc3n12)C(=O)NC(=O)Nc1ccccc1. The monoisotopic (exact) mass is 397 g/mol. The van der Waals surface area contributed by atoms with Crippen molar-refractivity contribution >= 4 is 55.9 Å². The lowest BCUT2D eigenvalue weighted by atomic mass is 10.3. The number of hydrogen-bond donors (Lipinski definition) is 2. The smallest absolute Gasteiger partial charge is 0.308 e. The van der Waals surface area contributed by atoms with Crippen molar-refractivity contribution in [2.75, 3.05) is 5.32 Å². The third kappa shape index (κ3) is 3.64. The summed E-state index contributed by atoms with van der Waals surface area (Å²) in [5, 5.41) is 13.4. The number of hydrogen-bond acceptors (Lipinski definition) is 6. The third-order valence-corrected chi connectivity index (χ3v) is 5.89. The van der Waals surface area contributed by atoms with E-state index in [4.69, 9.17) is 0 Å². The van der Waals surface area contributed by atoms with Gasteiger partial charge in [0.2, 0.25) is 10.9 Å². The first-order valence-electron chi connectivity index (χ1n) is 8.18. The Bertz CT molecular complexity index is 1120. The molecule has 9 heteroatoms. The minimum Gasteiger partial charge on any atom is -0.308 e. The fourth-order valence-electron chi connectivity index (χ4n) is 2.54. The summed E-state index contributed by atoms with van der Waals surface area (Å²) in [6, 6.07) is 16.3. The van der Waals surface area contributed by atoms with Crippen molar-refractivity contribution in [2.24, 2.45) is 0 Å². The largest absolute Gasteiger partial charge is 0.325 e. The highest BCUT2D eigenvalue weighted by molar-refractivity contribution is 8.00. The number of carbonyl (C=O) groups excluding carboxylic acids is 2. The summed E-state index contributed by atoms with van der Waals surface area (Å²) in [6.07, 6.45) is 0. The Balaban J connectivity index is 1.45. The number of amides is 3. The predicted molar refractivity (Wildman–Crippen MR) is 107 cm³/mol. The quantitative estimate of drug-likeness (QED) is 0.512. The molecule has 0 aliphatic heterocycles. The zero-order valence-corrected chi connectivity index (χ0v) is 15.9. The number of nitrogens with zero attached hydrogens (tertiary/aromatic N) is 3. The van der Waals surface area contributed by atoms with Gasteiger partial charge in [0.1, 0.15) is 0 Å². The fraction of sp³-hybridized carbons (Fsp3) is 0.111.